The lowest BCUT2D eigenvalue weighted by atomic mass is 9.92. The molecule has 0 nitrogen and oxygen atoms in total. The molecule has 2 unspecified atom stereocenters. The highest BCUT2D eigenvalue weighted by Crippen LogP contribution is 3.05. The van der Waals surface area contributed by atoms with Crippen molar-refractivity contribution < 1.29 is 0 Å². The van der Waals surface area contributed by atoms with Gasteiger partial charge in [-0.25, -0.2) is 0 Å². The maximum absolute atomic E-state index is 7.15. The van der Waals surface area contributed by atoms with Crippen LogP contribution in [0.15, 0.2) is 48.5 Å². The third-order valence-corrected chi connectivity index (χ3v) is 10.0. The van der Waals surface area contributed by atoms with E-state index < -0.39 is 4.33 Å². The molecule has 2 spiro atoms. The van der Waals surface area contributed by atoms with Gasteiger partial charge in [-0.15, -0.1) is 23.2 Å². The average molecular weight is 367 g/mol. The zero-order chi connectivity index (χ0) is 16.6. The fourth-order valence-electron chi connectivity index (χ4n) is 7.88. The van der Waals surface area contributed by atoms with Crippen LogP contribution in [0, 0.1) is 34.5 Å². The van der Waals surface area contributed by atoms with Crippen LogP contribution in [-0.2, 0) is 25.7 Å². The van der Waals surface area contributed by atoms with Crippen LogP contribution in [0.3, 0.4) is 0 Å². The first-order valence-electron chi connectivity index (χ1n) is 9.65. The van der Waals surface area contributed by atoms with Crippen LogP contribution < -0.4 is 0 Å². The number of benzene rings is 2. The second kappa shape index (κ2) is 3.97. The molecule has 0 bridgehead atoms. The van der Waals surface area contributed by atoms with E-state index in [0.717, 1.165) is 0 Å². The fraction of sp³-hybridized carbons (Fsp3) is 0.478. The molecule has 0 saturated heterocycles. The Morgan fingerprint density at radius 2 is 0.840 bits per heavy atom. The largest absolute Gasteiger partial charge is 0.131 e. The van der Waals surface area contributed by atoms with E-state index in [9.17, 15) is 0 Å². The van der Waals surface area contributed by atoms with Crippen molar-refractivity contribution in [2.24, 2.45) is 34.5 Å². The number of hydrogen-bond donors (Lipinski definition) is 0. The van der Waals surface area contributed by atoms with Crippen LogP contribution in [0.4, 0.5) is 0 Å². The summed E-state index contributed by atoms with van der Waals surface area (Å²) in [5.74, 6) is 2.86. The molecule has 5 aliphatic carbocycles. The Bertz CT molecular complexity index is 805. The zero-order valence-corrected chi connectivity index (χ0v) is 15.5. The molecule has 0 radical (unpaired) electrons. The van der Waals surface area contributed by atoms with Gasteiger partial charge in [0.05, 0.1) is 0 Å². The SMILES string of the molecule is ClC1(Cl)C2([C@@H]3Cc4ccccc4C[C@@H]32)C12[C@@H]1Cc3ccccc3C[C@@H]12. The highest BCUT2D eigenvalue weighted by Gasteiger charge is 3.07. The summed E-state index contributed by atoms with van der Waals surface area (Å²) in [5, 5.41) is 0. The maximum Gasteiger partial charge on any atom is 0.131 e. The van der Waals surface area contributed by atoms with Gasteiger partial charge in [0.1, 0.15) is 4.33 Å². The molecule has 0 amide bonds. The van der Waals surface area contributed by atoms with Gasteiger partial charge in [0, 0.05) is 10.8 Å². The molecule has 0 N–H and O–H groups in total. The normalized spacial score (nSPS) is 46.0. The van der Waals surface area contributed by atoms with E-state index in [-0.39, 0.29) is 10.8 Å². The predicted molar refractivity (Wildman–Crippen MR) is 101 cm³/mol. The van der Waals surface area contributed by atoms with Gasteiger partial charge in [-0.3, -0.25) is 0 Å². The fourth-order valence-corrected chi connectivity index (χ4v) is 9.54. The van der Waals surface area contributed by atoms with Crippen molar-refractivity contribution in [2.75, 3.05) is 0 Å². The first kappa shape index (κ1) is 14.1. The number of fused-ring (bicyclic) bond motifs is 9. The zero-order valence-electron chi connectivity index (χ0n) is 14.0. The van der Waals surface area contributed by atoms with Crippen molar-refractivity contribution in [1.29, 1.82) is 0 Å². The summed E-state index contributed by atoms with van der Waals surface area (Å²) in [5.41, 5.74) is 6.58. The Kier molecular flexibility index (Phi) is 2.24. The molecule has 7 rings (SSSR count). The molecule has 3 saturated carbocycles. The first-order chi connectivity index (χ1) is 12.1. The highest BCUT2D eigenvalue weighted by atomic mass is 35.5. The number of rotatable bonds is 0. The third kappa shape index (κ3) is 1.26. The van der Waals surface area contributed by atoms with E-state index in [1.54, 1.807) is 22.3 Å². The minimum absolute atomic E-state index is 0.208. The highest BCUT2D eigenvalue weighted by molar-refractivity contribution is 6.53. The molecular weight excluding hydrogens is 347 g/mol. The van der Waals surface area contributed by atoms with Gasteiger partial charge in [-0.1, -0.05) is 48.5 Å². The molecule has 2 heteroatoms. The van der Waals surface area contributed by atoms with Crippen molar-refractivity contribution in [3.63, 3.8) is 0 Å². The summed E-state index contributed by atoms with van der Waals surface area (Å²) in [6.45, 7) is 0. The first-order valence-corrected chi connectivity index (χ1v) is 10.4. The monoisotopic (exact) mass is 366 g/mol. The van der Waals surface area contributed by atoms with Crippen molar-refractivity contribution in [3.05, 3.63) is 70.8 Å². The van der Waals surface area contributed by atoms with E-state index in [1.165, 1.54) is 25.7 Å². The van der Waals surface area contributed by atoms with Gasteiger partial charge in [-0.2, -0.15) is 0 Å². The van der Waals surface area contributed by atoms with E-state index in [4.69, 9.17) is 23.2 Å². The van der Waals surface area contributed by atoms with Crippen LogP contribution in [0.2, 0.25) is 0 Å². The lowest BCUT2D eigenvalue weighted by Gasteiger charge is -2.13. The van der Waals surface area contributed by atoms with Gasteiger partial charge in [-0.05, 0) is 71.6 Å². The Morgan fingerprint density at radius 3 is 1.12 bits per heavy atom. The van der Waals surface area contributed by atoms with Crippen molar-refractivity contribution in [3.8, 4) is 0 Å². The Balaban J connectivity index is 1.29. The molecule has 3 fully saturated rings. The maximum atomic E-state index is 7.15. The van der Waals surface area contributed by atoms with Crippen LogP contribution >= 0.6 is 23.2 Å². The van der Waals surface area contributed by atoms with Crippen molar-refractivity contribution in [2.45, 2.75) is 30.0 Å². The summed E-state index contributed by atoms with van der Waals surface area (Å²) in [6.07, 6.45) is 4.76. The summed E-state index contributed by atoms with van der Waals surface area (Å²) in [7, 11) is 0. The summed E-state index contributed by atoms with van der Waals surface area (Å²) < 4.78 is -0.491. The van der Waals surface area contributed by atoms with E-state index in [2.05, 4.69) is 48.5 Å². The predicted octanol–water partition coefficient (Wildman–Crippen LogP) is 5.24. The lowest BCUT2D eigenvalue weighted by molar-refractivity contribution is 0.554. The van der Waals surface area contributed by atoms with Crippen molar-refractivity contribution >= 4 is 23.2 Å². The molecule has 2 aromatic rings. The molecule has 0 aliphatic heterocycles. The standard InChI is InChI=1S/C23H20Cl2/c24-23(25)21(17-9-13-5-1-2-6-14(13)10-18(17)21)22(23)19-11-15-7-3-4-8-16(15)12-20(19)22/h1-8,17-20H,9-12H2/t17-,18+,19-,20+,21?,22?. The molecule has 6 atom stereocenters. The van der Waals surface area contributed by atoms with Crippen LogP contribution in [0.5, 0.6) is 0 Å². The minimum Gasteiger partial charge on any atom is -0.100 e. The quantitative estimate of drug-likeness (QED) is 0.559. The average Bonchev–Trinajstić information content (AvgIpc) is 3.53. The number of hydrogen-bond acceptors (Lipinski definition) is 0. The smallest absolute Gasteiger partial charge is 0.100 e. The third-order valence-electron chi connectivity index (χ3n) is 8.75. The molecule has 0 aromatic heterocycles. The second-order valence-corrected chi connectivity index (χ2v) is 10.4. The lowest BCUT2D eigenvalue weighted by Crippen LogP contribution is -2.04. The summed E-state index contributed by atoms with van der Waals surface area (Å²) in [4.78, 5) is 0. The van der Waals surface area contributed by atoms with E-state index in [0.29, 0.717) is 23.7 Å². The van der Waals surface area contributed by atoms with Gasteiger partial charge in [0.15, 0.2) is 0 Å². The van der Waals surface area contributed by atoms with E-state index >= 15 is 0 Å². The van der Waals surface area contributed by atoms with E-state index in [1.807, 2.05) is 0 Å². The molecular formula is C23H20Cl2. The molecule has 2 aromatic carbocycles. The molecule has 0 heterocycles. The topological polar surface area (TPSA) is 0 Å². The molecule has 5 aliphatic rings. The van der Waals surface area contributed by atoms with Crippen LogP contribution in [0.1, 0.15) is 22.3 Å². The van der Waals surface area contributed by atoms with Crippen LogP contribution in [-0.4, -0.2) is 4.33 Å². The minimum atomic E-state index is -0.491. The Labute approximate surface area is 158 Å². The Hall–Kier alpha value is -0.980. The van der Waals surface area contributed by atoms with Gasteiger partial charge in [0.25, 0.3) is 0 Å². The number of alkyl halides is 2. The van der Waals surface area contributed by atoms with Crippen molar-refractivity contribution in [1.82, 2.24) is 0 Å². The summed E-state index contributed by atoms with van der Waals surface area (Å²) in [6, 6.07) is 18.0. The Morgan fingerprint density at radius 1 is 0.560 bits per heavy atom. The van der Waals surface area contributed by atoms with Gasteiger partial charge >= 0.3 is 0 Å². The summed E-state index contributed by atoms with van der Waals surface area (Å²) >= 11 is 14.3. The molecule has 126 valence electrons. The van der Waals surface area contributed by atoms with Gasteiger partial charge < -0.3 is 0 Å². The number of halogens is 2. The van der Waals surface area contributed by atoms with Crippen LogP contribution in [0.25, 0.3) is 0 Å². The second-order valence-electron chi connectivity index (χ2n) is 9.09. The van der Waals surface area contributed by atoms with Gasteiger partial charge in [0.2, 0.25) is 0 Å². The molecule has 25 heavy (non-hydrogen) atoms.